The minimum atomic E-state index is -0.427. The van der Waals surface area contributed by atoms with Gasteiger partial charge in [0, 0.05) is 12.0 Å². The molecule has 0 aliphatic carbocycles. The van der Waals surface area contributed by atoms with Gasteiger partial charge in [-0.25, -0.2) is 4.98 Å². The van der Waals surface area contributed by atoms with Crippen LogP contribution in [0.2, 0.25) is 0 Å². The van der Waals surface area contributed by atoms with E-state index in [2.05, 4.69) is 15.0 Å². The molecule has 4 aromatic rings. The number of aromatic amines is 2. The first-order valence-corrected chi connectivity index (χ1v) is 9.73. The lowest BCUT2D eigenvalue weighted by Crippen LogP contribution is -2.46. The quantitative estimate of drug-likeness (QED) is 0.529. The fourth-order valence-electron chi connectivity index (χ4n) is 3.34. The molecular weight excluding hydrogens is 382 g/mol. The zero-order valence-electron chi connectivity index (χ0n) is 16.7. The van der Waals surface area contributed by atoms with Crippen LogP contribution in [0.1, 0.15) is 30.9 Å². The zero-order chi connectivity index (χ0) is 21.1. The molecule has 0 saturated carbocycles. The van der Waals surface area contributed by atoms with Crippen molar-refractivity contribution in [2.45, 2.75) is 20.3 Å². The number of rotatable bonds is 5. The second-order valence-corrected chi connectivity index (χ2v) is 6.67. The molecule has 0 saturated heterocycles. The normalized spacial score (nSPS) is 12.6. The Morgan fingerprint density at radius 2 is 1.73 bits per heavy atom. The Labute approximate surface area is 171 Å². The Balaban J connectivity index is 1.93. The van der Waals surface area contributed by atoms with Crippen molar-refractivity contribution < 1.29 is 9.15 Å². The number of ether oxygens (including phenoxy) is 1. The molecule has 4 rings (SSSR count). The average molecular weight is 403 g/mol. The number of nitrogens with one attached hydrogen (secondary N) is 2. The zero-order valence-corrected chi connectivity index (χ0v) is 16.7. The highest BCUT2D eigenvalue weighted by atomic mass is 16.5. The second kappa shape index (κ2) is 8.24. The topological polar surface area (TPSA) is 101 Å². The third-order valence-corrected chi connectivity index (χ3v) is 4.78. The summed E-state index contributed by atoms with van der Waals surface area (Å²) in [4.78, 5) is 34.7. The van der Waals surface area contributed by atoms with Crippen molar-refractivity contribution in [3.8, 4) is 5.75 Å². The van der Waals surface area contributed by atoms with E-state index < -0.39 is 11.1 Å². The molecule has 7 heteroatoms. The molecule has 0 amide bonds. The third kappa shape index (κ3) is 3.69. The highest BCUT2D eigenvalue weighted by molar-refractivity contribution is 5.92. The molecule has 152 valence electrons. The smallest absolute Gasteiger partial charge is 0.272 e. The fraction of sp³-hybridized carbons (Fsp3) is 0.174. The van der Waals surface area contributed by atoms with Crippen LogP contribution in [0.3, 0.4) is 0 Å². The number of aryl methyl sites for hydroxylation is 1. The number of hydrogen-bond donors (Lipinski definition) is 2. The van der Waals surface area contributed by atoms with Crippen molar-refractivity contribution in [1.29, 1.82) is 0 Å². The van der Waals surface area contributed by atoms with Gasteiger partial charge in [-0.3, -0.25) is 9.59 Å². The van der Waals surface area contributed by atoms with Crippen molar-refractivity contribution >= 4 is 22.9 Å². The molecule has 7 nitrogen and oxygen atoms in total. The van der Waals surface area contributed by atoms with Crippen molar-refractivity contribution in [2.75, 3.05) is 6.61 Å². The molecule has 30 heavy (non-hydrogen) atoms. The number of oxazole rings is 1. The van der Waals surface area contributed by atoms with Crippen molar-refractivity contribution in [1.82, 2.24) is 15.0 Å². The van der Waals surface area contributed by atoms with Crippen LogP contribution in [0.15, 0.2) is 56.8 Å². The molecule has 0 fully saturated rings. The summed E-state index contributed by atoms with van der Waals surface area (Å²) in [6.45, 7) is 4.30. The van der Waals surface area contributed by atoms with Crippen LogP contribution >= 0.6 is 0 Å². The van der Waals surface area contributed by atoms with Crippen LogP contribution in [0, 0.1) is 0 Å². The second-order valence-electron chi connectivity index (χ2n) is 6.67. The van der Waals surface area contributed by atoms with Gasteiger partial charge in [0.25, 0.3) is 11.1 Å². The van der Waals surface area contributed by atoms with Gasteiger partial charge in [0.2, 0.25) is 0 Å². The molecule has 0 radical (unpaired) electrons. The maximum Gasteiger partial charge on any atom is 0.272 e. The Morgan fingerprint density at radius 3 is 2.47 bits per heavy atom. The highest BCUT2D eigenvalue weighted by Crippen LogP contribution is 2.28. The molecule has 0 spiro atoms. The number of H-pyrrole nitrogens is 2. The largest absolute Gasteiger partial charge is 0.493 e. The molecule has 0 bridgehead atoms. The van der Waals surface area contributed by atoms with Gasteiger partial charge in [-0.1, -0.05) is 37.3 Å². The van der Waals surface area contributed by atoms with Gasteiger partial charge < -0.3 is 19.1 Å². The standard InChI is InChI=1S/C23H21N3O4/c1-3-20-17(24-13-30-20)12-19-23(28)25-18(22(27)26-19)11-16-15-8-6-5-7-14(15)9-10-21(16)29-4-2/h5-13H,3-4H2,1-2H3,(H,25,28)(H,26,27)/b18-11-,19-12-. The first-order chi connectivity index (χ1) is 14.6. The van der Waals surface area contributed by atoms with Gasteiger partial charge in [0.15, 0.2) is 6.39 Å². The molecule has 0 atom stereocenters. The Kier molecular flexibility index (Phi) is 5.34. The van der Waals surface area contributed by atoms with Crippen LogP contribution in [0.5, 0.6) is 5.75 Å². The molecule has 0 aliphatic rings. The number of hydrogen-bond acceptors (Lipinski definition) is 5. The summed E-state index contributed by atoms with van der Waals surface area (Å²) in [5.74, 6) is 1.28. The van der Waals surface area contributed by atoms with E-state index in [-0.39, 0.29) is 10.7 Å². The van der Waals surface area contributed by atoms with Gasteiger partial charge in [-0.2, -0.15) is 0 Å². The van der Waals surface area contributed by atoms with Crippen molar-refractivity contribution in [3.63, 3.8) is 0 Å². The monoisotopic (exact) mass is 403 g/mol. The molecule has 2 aromatic carbocycles. The van der Waals surface area contributed by atoms with Gasteiger partial charge >= 0.3 is 0 Å². The van der Waals surface area contributed by atoms with E-state index in [1.54, 1.807) is 6.08 Å². The van der Waals surface area contributed by atoms with Crippen LogP contribution in [-0.4, -0.2) is 21.6 Å². The fourth-order valence-corrected chi connectivity index (χ4v) is 3.34. The first kappa shape index (κ1) is 19.4. The maximum absolute atomic E-state index is 12.7. The Hall–Kier alpha value is -3.87. The molecule has 0 aliphatic heterocycles. The summed E-state index contributed by atoms with van der Waals surface area (Å²) in [6.07, 6.45) is 5.09. The summed E-state index contributed by atoms with van der Waals surface area (Å²) in [6, 6.07) is 11.6. The van der Waals surface area contributed by atoms with Crippen LogP contribution in [-0.2, 0) is 6.42 Å². The summed E-state index contributed by atoms with van der Waals surface area (Å²) in [5.41, 5.74) is 0.405. The minimum Gasteiger partial charge on any atom is -0.493 e. The first-order valence-electron chi connectivity index (χ1n) is 9.73. The lowest BCUT2D eigenvalue weighted by molar-refractivity contribution is 0.340. The van der Waals surface area contributed by atoms with E-state index in [4.69, 9.17) is 9.15 Å². The van der Waals surface area contributed by atoms with E-state index in [1.807, 2.05) is 50.2 Å². The molecule has 0 unspecified atom stereocenters. The highest BCUT2D eigenvalue weighted by Gasteiger charge is 2.08. The number of nitrogens with zero attached hydrogens (tertiary/aromatic N) is 1. The Bertz CT molecular complexity index is 1440. The van der Waals surface area contributed by atoms with Gasteiger partial charge in [-0.05, 0) is 35.9 Å². The van der Waals surface area contributed by atoms with E-state index in [0.29, 0.717) is 30.2 Å². The summed E-state index contributed by atoms with van der Waals surface area (Å²) in [5, 5.41) is 2.19. The number of aromatic nitrogens is 3. The molecule has 2 aromatic heterocycles. The molecular formula is C23H21N3O4. The van der Waals surface area contributed by atoms with Crippen LogP contribution in [0.25, 0.3) is 22.9 Å². The van der Waals surface area contributed by atoms with Gasteiger partial charge in [-0.15, -0.1) is 0 Å². The van der Waals surface area contributed by atoms with Gasteiger partial charge in [0.1, 0.15) is 27.9 Å². The van der Waals surface area contributed by atoms with Crippen LogP contribution in [0.4, 0.5) is 0 Å². The average Bonchev–Trinajstić information content (AvgIpc) is 3.20. The van der Waals surface area contributed by atoms with Gasteiger partial charge in [0.05, 0.1) is 6.61 Å². The van der Waals surface area contributed by atoms with Crippen molar-refractivity contribution in [2.24, 2.45) is 0 Å². The summed E-state index contributed by atoms with van der Waals surface area (Å²) in [7, 11) is 0. The van der Waals surface area contributed by atoms with E-state index in [9.17, 15) is 9.59 Å². The third-order valence-electron chi connectivity index (χ3n) is 4.78. The van der Waals surface area contributed by atoms with E-state index >= 15 is 0 Å². The minimum absolute atomic E-state index is 0.115. The number of fused-ring (bicyclic) bond motifs is 1. The van der Waals surface area contributed by atoms with Crippen molar-refractivity contribution in [3.05, 3.63) is 91.2 Å². The summed E-state index contributed by atoms with van der Waals surface area (Å²) < 4.78 is 11.0. The predicted molar refractivity (Wildman–Crippen MR) is 115 cm³/mol. The van der Waals surface area contributed by atoms with E-state index in [1.165, 1.54) is 12.5 Å². The Morgan fingerprint density at radius 1 is 1.00 bits per heavy atom. The summed E-state index contributed by atoms with van der Waals surface area (Å²) >= 11 is 0. The molecule has 2 N–H and O–H groups in total. The van der Waals surface area contributed by atoms with Crippen LogP contribution < -0.4 is 26.6 Å². The lowest BCUT2D eigenvalue weighted by Gasteiger charge is -2.10. The maximum atomic E-state index is 12.7. The lowest BCUT2D eigenvalue weighted by atomic mass is 10.0. The number of benzene rings is 2. The SMILES string of the molecule is CCOc1ccc2ccccc2c1/C=c1\[nH]c(=O)/c(=C/c2ncoc2CC)[nH]c1=O. The molecule has 2 heterocycles. The predicted octanol–water partition coefficient (Wildman–Crippen LogP) is 1.82. The van der Waals surface area contributed by atoms with E-state index in [0.717, 1.165) is 16.3 Å².